The largest absolute Gasteiger partial charge is 0.349 e. The number of hydrogen-bond donors (Lipinski definition) is 1. The Balaban J connectivity index is 2.88. The number of hydrogen-bond acceptors (Lipinski definition) is 1. The van der Waals surface area contributed by atoms with Gasteiger partial charge in [-0.05, 0) is 28.1 Å². The van der Waals surface area contributed by atoms with E-state index < -0.39 is 0 Å². The van der Waals surface area contributed by atoms with Crippen LogP contribution in [0.5, 0.6) is 0 Å². The average Bonchev–Trinajstić information content (AvgIpc) is 2.27. The van der Waals surface area contributed by atoms with Gasteiger partial charge >= 0.3 is 0 Å². The predicted molar refractivity (Wildman–Crippen MR) is 43.8 cm³/mol. The van der Waals surface area contributed by atoms with Crippen LogP contribution < -0.4 is 0 Å². The van der Waals surface area contributed by atoms with Crippen LogP contribution in [0.3, 0.4) is 0 Å². The lowest BCUT2D eigenvalue weighted by molar-refractivity contribution is 1.35. The van der Waals surface area contributed by atoms with Crippen LogP contribution >= 0.6 is 15.9 Å². The van der Waals surface area contributed by atoms with Crippen LogP contribution in [0.15, 0.2) is 29.1 Å². The second-order valence-electron chi connectivity index (χ2n) is 2.08. The first-order chi connectivity index (χ1) is 4.86. The zero-order valence-electron chi connectivity index (χ0n) is 5.13. The van der Waals surface area contributed by atoms with Crippen LogP contribution in [0.25, 0.3) is 10.9 Å². The van der Waals surface area contributed by atoms with Crippen LogP contribution in [0.4, 0.5) is 0 Å². The molecule has 2 nitrogen and oxygen atoms in total. The van der Waals surface area contributed by atoms with Gasteiger partial charge in [0.2, 0.25) is 0 Å². The van der Waals surface area contributed by atoms with E-state index in [9.17, 15) is 0 Å². The molecule has 2 heterocycles. The van der Waals surface area contributed by atoms with Gasteiger partial charge in [-0.15, -0.1) is 0 Å². The fourth-order valence-electron chi connectivity index (χ4n) is 0.937. The average molecular weight is 197 g/mol. The highest BCUT2D eigenvalue weighted by Gasteiger charge is 1.94. The highest BCUT2D eigenvalue weighted by atomic mass is 79.9. The molecule has 0 atom stereocenters. The summed E-state index contributed by atoms with van der Waals surface area (Å²) in [4.78, 5) is 7.12. The lowest BCUT2D eigenvalue weighted by Crippen LogP contribution is -1.68. The summed E-state index contributed by atoms with van der Waals surface area (Å²) in [5.74, 6) is 0. The normalized spacial score (nSPS) is 10.5. The van der Waals surface area contributed by atoms with E-state index in [-0.39, 0.29) is 0 Å². The number of halogens is 1. The van der Waals surface area contributed by atoms with Crippen LogP contribution in [-0.2, 0) is 0 Å². The molecule has 0 fully saturated rings. The Morgan fingerprint density at radius 2 is 2.40 bits per heavy atom. The van der Waals surface area contributed by atoms with E-state index in [0.717, 1.165) is 15.5 Å². The minimum absolute atomic E-state index is 0.996. The molecule has 50 valence electrons. The number of aromatic amines is 1. The monoisotopic (exact) mass is 196 g/mol. The minimum atomic E-state index is 0.996. The third-order valence-electron chi connectivity index (χ3n) is 1.39. The summed E-state index contributed by atoms with van der Waals surface area (Å²) in [6, 6.07) is 3.95. The smallest absolute Gasteiger partial charge is 0.0831 e. The molecular formula is C7H5BrN2. The second-order valence-corrected chi connectivity index (χ2v) is 2.93. The number of H-pyrrole nitrogens is 1. The third-order valence-corrected chi connectivity index (χ3v) is 1.82. The maximum atomic E-state index is 3.99. The molecule has 0 aliphatic rings. The van der Waals surface area contributed by atoms with Gasteiger partial charge in [-0.3, -0.25) is 4.98 Å². The number of nitrogens with one attached hydrogen (secondary N) is 1. The Bertz CT molecular complexity index is 320. The number of fused-ring (bicyclic) bond motifs is 1. The van der Waals surface area contributed by atoms with Gasteiger partial charge in [-0.1, -0.05) is 0 Å². The van der Waals surface area contributed by atoms with Crippen molar-refractivity contribution in [3.05, 3.63) is 29.1 Å². The standard InChI is InChI=1S/C7H5BrN2/c8-7-3-5-4-9-2-1-6(5)10-7/h1-4,10H. The number of pyridine rings is 1. The molecule has 0 aromatic carbocycles. The molecule has 0 amide bonds. The van der Waals surface area contributed by atoms with Gasteiger partial charge in [0, 0.05) is 23.3 Å². The van der Waals surface area contributed by atoms with E-state index in [1.165, 1.54) is 0 Å². The van der Waals surface area contributed by atoms with Gasteiger partial charge in [0.15, 0.2) is 0 Å². The molecule has 0 aliphatic carbocycles. The van der Waals surface area contributed by atoms with Crippen molar-refractivity contribution in [1.29, 1.82) is 0 Å². The fourth-order valence-corrected chi connectivity index (χ4v) is 1.40. The van der Waals surface area contributed by atoms with Crippen molar-refractivity contribution in [3.63, 3.8) is 0 Å². The number of rotatable bonds is 0. The van der Waals surface area contributed by atoms with Crippen LogP contribution in [0.2, 0.25) is 0 Å². The first-order valence-corrected chi connectivity index (χ1v) is 3.74. The Morgan fingerprint density at radius 3 is 3.20 bits per heavy atom. The van der Waals surface area contributed by atoms with Crippen LogP contribution in [-0.4, -0.2) is 9.97 Å². The molecule has 2 aromatic heterocycles. The van der Waals surface area contributed by atoms with Crippen molar-refractivity contribution < 1.29 is 0 Å². The zero-order valence-corrected chi connectivity index (χ0v) is 6.72. The van der Waals surface area contributed by atoms with E-state index in [1.807, 2.05) is 18.3 Å². The Labute approximate surface area is 66.4 Å². The SMILES string of the molecule is Brc1cc2cnccc2[nH]1. The Morgan fingerprint density at radius 1 is 1.50 bits per heavy atom. The van der Waals surface area contributed by atoms with Gasteiger partial charge in [0.1, 0.15) is 0 Å². The predicted octanol–water partition coefficient (Wildman–Crippen LogP) is 2.33. The van der Waals surface area contributed by atoms with Crippen molar-refractivity contribution in [3.8, 4) is 0 Å². The van der Waals surface area contributed by atoms with Gasteiger partial charge in [-0.2, -0.15) is 0 Å². The summed E-state index contributed by atoms with van der Waals surface area (Å²) in [5, 5.41) is 1.13. The van der Waals surface area contributed by atoms with Gasteiger partial charge in [-0.25, -0.2) is 0 Å². The van der Waals surface area contributed by atoms with Crippen molar-refractivity contribution in [2.24, 2.45) is 0 Å². The van der Waals surface area contributed by atoms with E-state index >= 15 is 0 Å². The maximum Gasteiger partial charge on any atom is 0.0831 e. The molecule has 0 radical (unpaired) electrons. The van der Waals surface area contributed by atoms with Crippen molar-refractivity contribution in [1.82, 2.24) is 9.97 Å². The molecule has 0 aliphatic heterocycles. The molecule has 2 aromatic rings. The summed E-state index contributed by atoms with van der Waals surface area (Å²) < 4.78 is 0.996. The lowest BCUT2D eigenvalue weighted by atomic mass is 10.3. The van der Waals surface area contributed by atoms with Crippen LogP contribution in [0, 0.1) is 0 Å². The van der Waals surface area contributed by atoms with E-state index in [4.69, 9.17) is 0 Å². The quantitative estimate of drug-likeness (QED) is 0.689. The van der Waals surface area contributed by atoms with E-state index in [1.54, 1.807) is 6.20 Å². The Hall–Kier alpha value is -0.830. The van der Waals surface area contributed by atoms with E-state index in [2.05, 4.69) is 25.9 Å². The van der Waals surface area contributed by atoms with Gasteiger partial charge in [0.05, 0.1) is 4.60 Å². The second kappa shape index (κ2) is 2.09. The third kappa shape index (κ3) is 0.827. The molecule has 0 bridgehead atoms. The summed E-state index contributed by atoms with van der Waals surface area (Å²) in [7, 11) is 0. The van der Waals surface area contributed by atoms with E-state index in [0.29, 0.717) is 0 Å². The zero-order chi connectivity index (χ0) is 6.97. The first kappa shape index (κ1) is 5.92. The molecule has 1 N–H and O–H groups in total. The molecule has 10 heavy (non-hydrogen) atoms. The fraction of sp³-hybridized carbons (Fsp3) is 0. The molecule has 2 rings (SSSR count). The number of nitrogens with zero attached hydrogens (tertiary/aromatic N) is 1. The molecule has 0 unspecified atom stereocenters. The molecule has 0 saturated heterocycles. The highest BCUT2D eigenvalue weighted by molar-refractivity contribution is 9.10. The topological polar surface area (TPSA) is 28.7 Å². The van der Waals surface area contributed by atoms with Crippen LogP contribution in [0.1, 0.15) is 0 Å². The lowest BCUT2D eigenvalue weighted by Gasteiger charge is -1.82. The molecule has 0 saturated carbocycles. The summed E-state index contributed by atoms with van der Waals surface area (Å²) in [6.45, 7) is 0. The summed E-state index contributed by atoms with van der Waals surface area (Å²) >= 11 is 3.34. The van der Waals surface area contributed by atoms with Crippen molar-refractivity contribution >= 4 is 26.8 Å². The maximum absolute atomic E-state index is 3.99. The van der Waals surface area contributed by atoms with Gasteiger partial charge < -0.3 is 4.98 Å². The molecular weight excluding hydrogens is 192 g/mol. The first-order valence-electron chi connectivity index (χ1n) is 2.94. The molecule has 0 spiro atoms. The minimum Gasteiger partial charge on any atom is -0.349 e. The van der Waals surface area contributed by atoms with Crippen molar-refractivity contribution in [2.75, 3.05) is 0 Å². The number of aromatic nitrogens is 2. The summed E-state index contributed by atoms with van der Waals surface area (Å²) in [5.41, 5.74) is 1.11. The summed E-state index contributed by atoms with van der Waals surface area (Å²) in [6.07, 6.45) is 3.60. The molecule has 3 heteroatoms. The Kier molecular flexibility index (Phi) is 1.24. The van der Waals surface area contributed by atoms with Gasteiger partial charge in [0.25, 0.3) is 0 Å². The highest BCUT2D eigenvalue weighted by Crippen LogP contribution is 2.16. The van der Waals surface area contributed by atoms with Crippen molar-refractivity contribution in [2.45, 2.75) is 0 Å².